The first-order chi connectivity index (χ1) is 14.1. The lowest BCUT2D eigenvalue weighted by molar-refractivity contribution is -0.112. The first-order valence-electron chi connectivity index (χ1n) is 8.94. The minimum Gasteiger partial charge on any atom is -0.387 e. The maximum Gasteiger partial charge on any atom is 0.409 e. The molecule has 0 spiro atoms. The van der Waals surface area contributed by atoms with Gasteiger partial charge in [0.1, 0.15) is 24.6 Å². The quantitative estimate of drug-likeness (QED) is 0.576. The Morgan fingerprint density at radius 2 is 2.07 bits per heavy atom. The molecule has 1 aliphatic rings. The minimum atomic E-state index is -4.63. The number of aromatic nitrogens is 4. The fourth-order valence-electron chi connectivity index (χ4n) is 2.84. The number of ether oxygens (including phenoxy) is 2. The first kappa shape index (κ1) is 22.1. The van der Waals surface area contributed by atoms with E-state index in [0.29, 0.717) is 6.08 Å². The number of halogens is 3. The molecule has 0 bridgehead atoms. The average molecular weight is 431 g/mol. The van der Waals surface area contributed by atoms with Crippen LogP contribution >= 0.6 is 0 Å². The number of rotatable bonds is 6. The molecule has 3 heterocycles. The molecule has 1 aliphatic heterocycles. The third kappa shape index (κ3) is 4.92. The van der Waals surface area contributed by atoms with Crippen LogP contribution in [0.5, 0.6) is 0 Å². The number of carbonyl (C=O) groups excluding carboxylic acids is 1. The van der Waals surface area contributed by atoms with Gasteiger partial charge in [0.25, 0.3) is 0 Å². The SMILES string of the molecule is CC(C)OC[C@@H]1O[C@@H](n2cnc3c(NC(=O)/C=C/C(F)(F)F)ncnc32)[C@H](O)[C@@H]1O. The Bertz CT molecular complexity index is 932. The summed E-state index contributed by atoms with van der Waals surface area (Å²) in [6.45, 7) is 3.69. The standard InChI is InChI=1S/C17H20F3N5O5/c1-8(2)29-5-9-12(27)13(28)16(30-9)25-7-23-11-14(21-6-22-15(11)25)24-10(26)3-4-17(18,19)20/h3-4,6-9,12-13,16,27-28H,5H2,1-2H3,(H,21,22,24,26)/b4-3+/t9-,12+,13+,16+/m0/s1. The second-order valence-electron chi connectivity index (χ2n) is 6.84. The van der Waals surface area contributed by atoms with E-state index < -0.39 is 36.6 Å². The Morgan fingerprint density at radius 1 is 1.33 bits per heavy atom. The fourth-order valence-corrected chi connectivity index (χ4v) is 2.84. The van der Waals surface area contributed by atoms with Gasteiger partial charge in [0, 0.05) is 12.2 Å². The first-order valence-corrected chi connectivity index (χ1v) is 8.94. The van der Waals surface area contributed by atoms with E-state index in [1.54, 1.807) is 0 Å². The van der Waals surface area contributed by atoms with Crippen LogP contribution in [0.4, 0.5) is 19.0 Å². The Hall–Kier alpha value is -2.61. The molecule has 0 radical (unpaired) electrons. The Morgan fingerprint density at radius 3 is 2.73 bits per heavy atom. The van der Waals surface area contributed by atoms with Crippen LogP contribution in [0.15, 0.2) is 24.8 Å². The molecule has 1 fully saturated rings. The number of nitrogens with zero attached hydrogens (tertiary/aromatic N) is 4. The number of alkyl halides is 3. The van der Waals surface area contributed by atoms with Gasteiger partial charge in [-0.15, -0.1) is 0 Å². The molecule has 2 aromatic heterocycles. The van der Waals surface area contributed by atoms with Crippen molar-refractivity contribution in [1.29, 1.82) is 0 Å². The highest BCUT2D eigenvalue weighted by Crippen LogP contribution is 2.32. The molecule has 2 aromatic rings. The molecule has 0 aliphatic carbocycles. The van der Waals surface area contributed by atoms with Gasteiger partial charge >= 0.3 is 6.18 Å². The van der Waals surface area contributed by atoms with Crippen molar-refractivity contribution in [2.45, 2.75) is 50.7 Å². The number of hydrogen-bond donors (Lipinski definition) is 3. The molecule has 4 atom stereocenters. The van der Waals surface area contributed by atoms with Gasteiger partial charge in [-0.2, -0.15) is 13.2 Å². The van der Waals surface area contributed by atoms with E-state index in [4.69, 9.17) is 9.47 Å². The lowest BCUT2D eigenvalue weighted by Crippen LogP contribution is -2.34. The van der Waals surface area contributed by atoms with Crippen molar-refractivity contribution in [3.8, 4) is 0 Å². The third-order valence-corrected chi connectivity index (χ3v) is 4.23. The van der Waals surface area contributed by atoms with Crippen LogP contribution in [0.2, 0.25) is 0 Å². The average Bonchev–Trinajstić information content (AvgIpc) is 3.21. The molecule has 1 amide bonds. The Balaban J connectivity index is 1.81. The van der Waals surface area contributed by atoms with Crippen LogP contribution in [-0.4, -0.2) is 72.8 Å². The van der Waals surface area contributed by atoms with E-state index in [1.807, 2.05) is 13.8 Å². The Kier molecular flexibility index (Phi) is 6.36. The number of carbonyl (C=O) groups is 1. The number of imidazole rings is 1. The highest BCUT2D eigenvalue weighted by molar-refractivity contribution is 6.02. The van der Waals surface area contributed by atoms with Gasteiger partial charge in [0.15, 0.2) is 23.2 Å². The molecule has 3 N–H and O–H groups in total. The zero-order valence-corrected chi connectivity index (χ0v) is 15.9. The van der Waals surface area contributed by atoms with Crippen molar-refractivity contribution in [1.82, 2.24) is 19.5 Å². The van der Waals surface area contributed by atoms with E-state index >= 15 is 0 Å². The van der Waals surface area contributed by atoms with Crippen molar-refractivity contribution in [3.63, 3.8) is 0 Å². The number of fused-ring (bicyclic) bond motifs is 1. The summed E-state index contributed by atoms with van der Waals surface area (Å²) in [5, 5.41) is 22.8. The van der Waals surface area contributed by atoms with E-state index in [9.17, 15) is 28.2 Å². The maximum atomic E-state index is 12.2. The number of nitrogens with one attached hydrogen (secondary N) is 1. The number of hydrogen-bond acceptors (Lipinski definition) is 8. The summed E-state index contributed by atoms with van der Waals surface area (Å²) >= 11 is 0. The monoisotopic (exact) mass is 431 g/mol. The zero-order chi connectivity index (χ0) is 22.1. The predicted molar refractivity (Wildman–Crippen MR) is 96.2 cm³/mol. The van der Waals surface area contributed by atoms with Gasteiger partial charge in [-0.3, -0.25) is 9.36 Å². The summed E-state index contributed by atoms with van der Waals surface area (Å²) < 4.78 is 49.1. The third-order valence-electron chi connectivity index (χ3n) is 4.23. The van der Waals surface area contributed by atoms with Crippen molar-refractivity contribution in [3.05, 3.63) is 24.8 Å². The lowest BCUT2D eigenvalue weighted by atomic mass is 10.1. The smallest absolute Gasteiger partial charge is 0.387 e. The van der Waals surface area contributed by atoms with Crippen molar-refractivity contribution < 1.29 is 37.7 Å². The normalized spacial score (nSPS) is 24.9. The van der Waals surface area contributed by atoms with Crippen LogP contribution < -0.4 is 5.32 Å². The van der Waals surface area contributed by atoms with Crippen LogP contribution in [-0.2, 0) is 14.3 Å². The second-order valence-corrected chi connectivity index (χ2v) is 6.84. The van der Waals surface area contributed by atoms with E-state index in [1.165, 1.54) is 10.9 Å². The molecule has 1 saturated heterocycles. The van der Waals surface area contributed by atoms with Gasteiger partial charge in [-0.05, 0) is 13.8 Å². The van der Waals surface area contributed by atoms with Gasteiger partial charge < -0.3 is 25.0 Å². The van der Waals surface area contributed by atoms with Gasteiger partial charge in [0.2, 0.25) is 5.91 Å². The molecular formula is C17H20F3N5O5. The molecule has 164 valence electrons. The molecular weight excluding hydrogens is 411 g/mol. The number of amides is 1. The van der Waals surface area contributed by atoms with Crippen LogP contribution in [0.25, 0.3) is 11.2 Å². The summed E-state index contributed by atoms with van der Waals surface area (Å²) in [6.07, 6.45) is -6.66. The zero-order valence-electron chi connectivity index (χ0n) is 15.9. The summed E-state index contributed by atoms with van der Waals surface area (Å²) in [6, 6.07) is 0. The van der Waals surface area contributed by atoms with Crippen molar-refractivity contribution >= 4 is 22.9 Å². The number of aliphatic hydroxyl groups excluding tert-OH is 2. The maximum absolute atomic E-state index is 12.2. The highest BCUT2D eigenvalue weighted by Gasteiger charge is 2.44. The molecule has 0 aromatic carbocycles. The van der Waals surface area contributed by atoms with Crippen LogP contribution in [0, 0.1) is 0 Å². The summed E-state index contributed by atoms with van der Waals surface area (Å²) in [4.78, 5) is 23.6. The number of aliphatic hydroxyl groups is 2. The summed E-state index contributed by atoms with van der Waals surface area (Å²) in [5.41, 5.74) is 0.209. The summed E-state index contributed by atoms with van der Waals surface area (Å²) in [5.74, 6) is -1.18. The molecule has 13 heteroatoms. The molecule has 10 nitrogen and oxygen atoms in total. The highest BCUT2D eigenvalue weighted by atomic mass is 19.4. The Labute approximate surface area is 168 Å². The van der Waals surface area contributed by atoms with E-state index in [2.05, 4.69) is 20.3 Å². The second kappa shape index (κ2) is 8.63. The summed E-state index contributed by atoms with van der Waals surface area (Å²) in [7, 11) is 0. The minimum absolute atomic E-state index is 0.0564. The molecule has 30 heavy (non-hydrogen) atoms. The predicted octanol–water partition coefficient (Wildman–Crippen LogP) is 0.927. The van der Waals surface area contributed by atoms with E-state index in [0.717, 1.165) is 6.33 Å². The van der Waals surface area contributed by atoms with Crippen molar-refractivity contribution in [2.75, 3.05) is 11.9 Å². The lowest BCUT2D eigenvalue weighted by Gasteiger charge is -2.17. The fraction of sp³-hybridized carbons (Fsp3) is 0.529. The largest absolute Gasteiger partial charge is 0.409 e. The number of anilines is 1. The molecule has 3 rings (SSSR count). The van der Waals surface area contributed by atoms with Gasteiger partial charge in [-0.1, -0.05) is 0 Å². The van der Waals surface area contributed by atoms with Gasteiger partial charge in [-0.25, -0.2) is 15.0 Å². The van der Waals surface area contributed by atoms with Gasteiger partial charge in [0.05, 0.1) is 19.0 Å². The molecule has 0 unspecified atom stereocenters. The van der Waals surface area contributed by atoms with E-state index in [-0.39, 0.29) is 35.8 Å². The van der Waals surface area contributed by atoms with Crippen LogP contribution in [0.1, 0.15) is 20.1 Å². The van der Waals surface area contributed by atoms with Crippen LogP contribution in [0.3, 0.4) is 0 Å². The van der Waals surface area contributed by atoms with Crippen molar-refractivity contribution in [2.24, 2.45) is 0 Å². The topological polar surface area (TPSA) is 132 Å². The molecule has 0 saturated carbocycles. The number of allylic oxidation sites excluding steroid dienone is 1.